The van der Waals surface area contributed by atoms with Crippen LogP contribution < -0.4 is 4.72 Å². The molecule has 0 amide bonds. The molecule has 1 rings (SSSR count). The van der Waals surface area contributed by atoms with Crippen LogP contribution in [0.5, 0.6) is 0 Å². The number of anilines is 1. The number of carbonyl (C=O) groups is 1. The first-order valence-electron chi connectivity index (χ1n) is 3.52. The summed E-state index contributed by atoms with van der Waals surface area (Å²) in [5.74, 6) is -1.14. The molecule has 0 saturated heterocycles. The minimum atomic E-state index is -2.96. The van der Waals surface area contributed by atoms with Gasteiger partial charge in [-0.2, -0.15) is 4.37 Å². The summed E-state index contributed by atoms with van der Waals surface area (Å²) < 4.78 is 24.3. The number of aromatic nitrogens is 1. The fraction of sp³-hybridized carbons (Fsp3) is 0.333. The van der Waals surface area contributed by atoms with Crippen LogP contribution in [-0.4, -0.2) is 25.9 Å². The first-order valence-corrected chi connectivity index (χ1v) is 6.26. The van der Waals surface area contributed by atoms with Crippen molar-refractivity contribution in [2.24, 2.45) is 0 Å². The molecule has 1 unspecified atom stereocenters. The first-order chi connectivity index (χ1) is 6.31. The van der Waals surface area contributed by atoms with E-state index < -0.39 is 15.9 Å². The molecule has 0 aliphatic heterocycles. The van der Waals surface area contributed by atoms with Gasteiger partial charge < -0.3 is 5.11 Å². The van der Waals surface area contributed by atoms with Gasteiger partial charge in [0, 0.05) is 6.26 Å². The van der Waals surface area contributed by atoms with Crippen LogP contribution in [-0.2, 0) is 9.92 Å². The minimum absolute atomic E-state index is 0.0168. The second-order valence-electron chi connectivity index (χ2n) is 2.72. The van der Waals surface area contributed by atoms with E-state index in [1.54, 1.807) is 6.92 Å². The lowest BCUT2D eigenvalue weighted by atomic mass is 10.2. The Hall–Kier alpha value is -1.15. The zero-order chi connectivity index (χ0) is 10.9. The second kappa shape index (κ2) is 3.54. The third-order valence-electron chi connectivity index (χ3n) is 1.36. The number of hydrogen-bond acceptors (Lipinski definition) is 5. The smallest absolute Gasteiger partial charge is 0.340 e. The molecule has 78 valence electrons. The van der Waals surface area contributed by atoms with Crippen LogP contribution in [0.15, 0.2) is 0 Å². The molecule has 1 aromatic rings. The van der Waals surface area contributed by atoms with Crippen molar-refractivity contribution in [3.05, 3.63) is 11.3 Å². The average Bonchev–Trinajstić information content (AvgIpc) is 2.27. The number of aromatic carboxylic acids is 1. The van der Waals surface area contributed by atoms with E-state index in [4.69, 9.17) is 9.89 Å². The van der Waals surface area contributed by atoms with E-state index in [-0.39, 0.29) is 10.6 Å². The zero-order valence-electron chi connectivity index (χ0n) is 7.53. The molecule has 1 heterocycles. The Morgan fingerprint density at radius 1 is 1.71 bits per heavy atom. The molecule has 14 heavy (non-hydrogen) atoms. The van der Waals surface area contributed by atoms with E-state index in [2.05, 4.69) is 9.10 Å². The molecule has 1 aromatic heterocycles. The SMILES string of the molecule is Cc1nsc(NS(C)(=N)=O)c1C(=O)O. The summed E-state index contributed by atoms with van der Waals surface area (Å²) in [5, 5.41) is 8.97. The van der Waals surface area contributed by atoms with Crippen LogP contribution in [0.1, 0.15) is 16.1 Å². The fourth-order valence-electron chi connectivity index (χ4n) is 0.868. The summed E-state index contributed by atoms with van der Waals surface area (Å²) in [5.41, 5.74) is 0.338. The number of nitrogens with zero attached hydrogens (tertiary/aromatic N) is 1. The van der Waals surface area contributed by atoms with Crippen LogP contribution in [0, 0.1) is 11.7 Å². The Kier molecular flexibility index (Phi) is 2.76. The standard InChI is InChI=1S/C6H9N3O3S2/c1-3-4(6(10)11)5(13-8-3)9-14(2,7)12/h1-2H3,(H,10,11)(H2,7,9,12). The van der Waals surface area contributed by atoms with E-state index in [1.165, 1.54) is 6.26 Å². The molecule has 0 spiro atoms. The van der Waals surface area contributed by atoms with E-state index in [0.29, 0.717) is 5.69 Å². The highest BCUT2D eigenvalue weighted by Gasteiger charge is 2.18. The third kappa shape index (κ3) is 2.42. The number of carboxylic acid groups (broad SMARTS) is 1. The van der Waals surface area contributed by atoms with Crippen molar-refractivity contribution in [3.63, 3.8) is 0 Å². The molecule has 6 nitrogen and oxygen atoms in total. The van der Waals surface area contributed by atoms with Gasteiger partial charge >= 0.3 is 5.97 Å². The third-order valence-corrected chi connectivity index (χ3v) is 2.94. The lowest BCUT2D eigenvalue weighted by Gasteiger charge is -2.03. The largest absolute Gasteiger partial charge is 0.478 e. The first kappa shape index (κ1) is 10.9. The van der Waals surface area contributed by atoms with Gasteiger partial charge in [-0.15, -0.1) is 0 Å². The van der Waals surface area contributed by atoms with Crippen LogP contribution in [0.2, 0.25) is 0 Å². The van der Waals surface area contributed by atoms with E-state index in [9.17, 15) is 9.00 Å². The quantitative estimate of drug-likeness (QED) is 0.731. The van der Waals surface area contributed by atoms with E-state index in [1.807, 2.05) is 0 Å². The van der Waals surface area contributed by atoms with Gasteiger partial charge in [-0.1, -0.05) is 0 Å². The molecule has 1 atom stereocenters. The average molecular weight is 235 g/mol. The van der Waals surface area contributed by atoms with Crippen LogP contribution in [0.4, 0.5) is 5.00 Å². The molecule has 8 heteroatoms. The molecular weight excluding hydrogens is 226 g/mol. The fourth-order valence-corrected chi connectivity index (χ4v) is 2.60. The second-order valence-corrected chi connectivity index (χ2v) is 5.39. The maximum absolute atomic E-state index is 11.1. The molecule has 0 radical (unpaired) electrons. The lowest BCUT2D eigenvalue weighted by Crippen LogP contribution is -2.10. The van der Waals surface area contributed by atoms with E-state index >= 15 is 0 Å². The summed E-state index contributed by atoms with van der Waals surface area (Å²) in [4.78, 5) is 10.8. The Labute approximate surface area is 85.2 Å². The van der Waals surface area contributed by atoms with Crippen molar-refractivity contribution in [1.29, 1.82) is 4.78 Å². The highest BCUT2D eigenvalue weighted by molar-refractivity contribution is 7.93. The molecule has 0 fully saturated rings. The number of rotatable bonds is 3. The monoisotopic (exact) mass is 235 g/mol. The predicted molar refractivity (Wildman–Crippen MR) is 54.2 cm³/mol. The number of nitrogens with one attached hydrogen (secondary N) is 2. The molecular formula is C6H9N3O3S2. The highest BCUT2D eigenvalue weighted by Crippen LogP contribution is 2.25. The van der Waals surface area contributed by atoms with Gasteiger partial charge in [0.05, 0.1) is 5.69 Å². The molecule has 0 saturated carbocycles. The molecule has 0 aliphatic rings. The molecule has 0 aliphatic carbocycles. The van der Waals surface area contributed by atoms with Crippen molar-refractivity contribution in [3.8, 4) is 0 Å². The normalized spacial score (nSPS) is 14.7. The Morgan fingerprint density at radius 3 is 2.71 bits per heavy atom. The highest BCUT2D eigenvalue weighted by atomic mass is 32.2. The maximum atomic E-state index is 11.1. The Morgan fingerprint density at radius 2 is 2.29 bits per heavy atom. The van der Waals surface area contributed by atoms with Crippen molar-refractivity contribution in [2.45, 2.75) is 6.92 Å². The summed E-state index contributed by atoms with van der Waals surface area (Å²) >= 11 is 0.890. The van der Waals surface area contributed by atoms with E-state index in [0.717, 1.165) is 11.5 Å². The van der Waals surface area contributed by atoms with Gasteiger partial charge in [-0.3, -0.25) is 4.72 Å². The molecule has 3 N–H and O–H groups in total. The van der Waals surface area contributed by atoms with Crippen LogP contribution in [0.25, 0.3) is 0 Å². The van der Waals surface area contributed by atoms with Crippen LogP contribution in [0.3, 0.4) is 0 Å². The van der Waals surface area contributed by atoms with Gasteiger partial charge in [0.15, 0.2) is 0 Å². The topological polar surface area (TPSA) is 103 Å². The summed E-state index contributed by atoms with van der Waals surface area (Å²) in [6.07, 6.45) is 1.17. The van der Waals surface area contributed by atoms with Crippen molar-refractivity contribution >= 4 is 32.4 Å². The van der Waals surface area contributed by atoms with Gasteiger partial charge in [0.2, 0.25) is 0 Å². The van der Waals surface area contributed by atoms with Gasteiger partial charge in [-0.05, 0) is 18.5 Å². The van der Waals surface area contributed by atoms with Crippen molar-refractivity contribution in [2.75, 3.05) is 11.0 Å². The molecule has 0 bridgehead atoms. The number of hydrogen-bond donors (Lipinski definition) is 3. The Balaban J connectivity index is 3.17. The van der Waals surface area contributed by atoms with Crippen LogP contribution >= 0.6 is 11.5 Å². The van der Waals surface area contributed by atoms with Gasteiger partial charge in [-0.25, -0.2) is 13.8 Å². The lowest BCUT2D eigenvalue weighted by molar-refractivity contribution is 0.0697. The summed E-state index contributed by atoms with van der Waals surface area (Å²) in [7, 11) is -2.96. The number of aryl methyl sites for hydroxylation is 1. The minimum Gasteiger partial charge on any atom is -0.478 e. The molecule has 0 aromatic carbocycles. The van der Waals surface area contributed by atoms with Gasteiger partial charge in [0.25, 0.3) is 0 Å². The number of carboxylic acids is 1. The summed E-state index contributed by atoms with van der Waals surface area (Å²) in [6, 6.07) is 0. The zero-order valence-corrected chi connectivity index (χ0v) is 9.16. The van der Waals surface area contributed by atoms with Gasteiger partial charge in [0.1, 0.15) is 20.5 Å². The summed E-state index contributed by atoms with van der Waals surface area (Å²) in [6.45, 7) is 1.55. The van der Waals surface area contributed by atoms with Crippen molar-refractivity contribution < 1.29 is 14.1 Å². The Bertz CT molecular complexity index is 463. The maximum Gasteiger partial charge on any atom is 0.340 e. The van der Waals surface area contributed by atoms with Crippen molar-refractivity contribution in [1.82, 2.24) is 4.37 Å². The predicted octanol–water partition coefficient (Wildman–Crippen LogP) is 1.15.